The van der Waals surface area contributed by atoms with Crippen LogP contribution >= 0.6 is 0 Å². The zero-order chi connectivity index (χ0) is 83.2. The molecule has 8 fully saturated rings. The number of ketones is 1. The summed E-state index contributed by atoms with van der Waals surface area (Å²) in [4.78, 5) is 109. The molecule has 25 nitrogen and oxygen atoms in total. The summed E-state index contributed by atoms with van der Waals surface area (Å²) in [6, 6.07) is 25.4. The van der Waals surface area contributed by atoms with Crippen LogP contribution in [0.2, 0.25) is 0 Å². The number of hydrogen-bond acceptors (Lipinski definition) is 17. The average molecular weight is 1600 g/mol. The molecule has 0 radical (unpaired) electrons. The summed E-state index contributed by atoms with van der Waals surface area (Å²) < 4.78 is 26.9. The van der Waals surface area contributed by atoms with Crippen molar-refractivity contribution in [3.63, 3.8) is 0 Å². The van der Waals surface area contributed by atoms with Crippen LogP contribution in [0.25, 0.3) is 33.9 Å². The van der Waals surface area contributed by atoms with E-state index < -0.39 is 34.8 Å². The minimum absolute atomic E-state index is 0.0621. The van der Waals surface area contributed by atoms with Crippen molar-refractivity contribution in [1.29, 1.82) is 0 Å². The molecular formula is C91H126N12O13. The Morgan fingerprint density at radius 1 is 0.474 bits per heavy atom. The molecule has 14 rings (SSSR count). The first-order chi connectivity index (χ1) is 55.5. The average Bonchev–Trinajstić information content (AvgIpc) is 0.772. The molecule has 8 bridgehead atoms. The third kappa shape index (κ3) is 18.0. The van der Waals surface area contributed by atoms with Crippen molar-refractivity contribution in [2.45, 2.75) is 167 Å². The molecule has 0 spiro atoms. The molecule has 0 aliphatic heterocycles. The molecule has 8 aliphatic rings. The predicted octanol–water partition coefficient (Wildman–Crippen LogP) is 12.8. The van der Waals surface area contributed by atoms with E-state index in [4.69, 9.17) is 34.9 Å². The van der Waals surface area contributed by atoms with Gasteiger partial charge in [-0.05, 0) is 319 Å². The fourth-order valence-corrected chi connectivity index (χ4v) is 21.3. The third-order valence-electron chi connectivity index (χ3n) is 27.0. The van der Waals surface area contributed by atoms with Crippen molar-refractivity contribution < 1.29 is 62.7 Å². The number of rotatable bonds is 41. The molecule has 2 aromatic heterocycles. The maximum absolute atomic E-state index is 14.6. The lowest BCUT2D eigenvalue weighted by Crippen LogP contribution is -2.70. The van der Waals surface area contributed by atoms with E-state index in [0.29, 0.717) is 118 Å². The Balaban J connectivity index is 0.597. The summed E-state index contributed by atoms with van der Waals surface area (Å²) in [5.74, 6) is 0.193. The molecule has 0 saturated heterocycles. The van der Waals surface area contributed by atoms with Crippen LogP contribution in [-0.4, -0.2) is 229 Å². The Kier molecular flexibility index (Phi) is 27.6. The summed E-state index contributed by atoms with van der Waals surface area (Å²) >= 11 is 0. The lowest BCUT2D eigenvalue weighted by Gasteiger charge is -2.59. The number of nitrogens with zero attached hydrogens (tertiary/aromatic N) is 9. The van der Waals surface area contributed by atoms with Gasteiger partial charge in [0.25, 0.3) is 23.6 Å². The Hall–Kier alpha value is -9.17. The van der Waals surface area contributed by atoms with E-state index in [1.54, 1.807) is 71.9 Å². The van der Waals surface area contributed by atoms with Gasteiger partial charge < -0.3 is 65.1 Å². The number of likely N-dealkylation sites (N-methyl/N-ethyl adjacent to an activating group) is 1. The fourth-order valence-electron chi connectivity index (χ4n) is 21.3. The van der Waals surface area contributed by atoms with Crippen LogP contribution < -0.4 is 35.3 Å². The zero-order valence-electron chi connectivity index (χ0n) is 70.9. The van der Waals surface area contributed by atoms with Crippen molar-refractivity contribution in [3.8, 4) is 56.9 Å². The summed E-state index contributed by atoms with van der Waals surface area (Å²) in [5.41, 5.74) is 9.54. The molecule has 4 aromatic carbocycles. The van der Waals surface area contributed by atoms with Crippen molar-refractivity contribution >= 4 is 41.4 Å². The number of methoxy groups -OCH3 is 4. The number of amides is 4. The molecule has 6 aromatic rings. The van der Waals surface area contributed by atoms with Gasteiger partial charge in [0.15, 0.2) is 11.4 Å². The summed E-state index contributed by atoms with van der Waals surface area (Å²) in [5, 5.41) is 38.0. The highest BCUT2D eigenvalue weighted by Gasteiger charge is 2.64. The first-order valence-corrected chi connectivity index (χ1v) is 42.4. The molecule has 8 saturated carbocycles. The Labute approximate surface area is 685 Å². The highest BCUT2D eigenvalue weighted by Crippen LogP contribution is 2.60. The van der Waals surface area contributed by atoms with E-state index in [1.807, 2.05) is 110 Å². The van der Waals surface area contributed by atoms with E-state index >= 15 is 0 Å². The minimum Gasteiger partial charge on any atom is -0.496 e. The predicted molar refractivity (Wildman–Crippen MR) is 448 cm³/mol. The van der Waals surface area contributed by atoms with E-state index in [9.17, 15) is 43.8 Å². The number of carboxylic acids is 2. The quantitative estimate of drug-likeness (QED) is 0.0238. The molecular weight excluding hydrogens is 1470 g/mol. The normalized spacial score (nSPS) is 22.8. The molecule has 2 atom stereocenters. The maximum Gasteiger partial charge on any atom is 0.330 e. The van der Waals surface area contributed by atoms with Gasteiger partial charge in [-0.1, -0.05) is 46.8 Å². The minimum atomic E-state index is -1.37. The summed E-state index contributed by atoms with van der Waals surface area (Å²) in [6.07, 6.45) is 14.3. The first-order valence-electron chi connectivity index (χ1n) is 42.4. The molecule has 8 aliphatic carbocycles. The number of carboxylic acid groups (broad SMARTS) is 2. The second kappa shape index (κ2) is 37.2. The molecule has 628 valence electrons. The number of aromatic nitrogens is 4. The van der Waals surface area contributed by atoms with Crippen LogP contribution in [-0.2, 0) is 14.4 Å². The largest absolute Gasteiger partial charge is 0.496 e. The van der Waals surface area contributed by atoms with Crippen LogP contribution in [0.5, 0.6) is 23.0 Å². The second-order valence-corrected chi connectivity index (χ2v) is 35.4. The number of carbonyl (C=O) groups is 7. The van der Waals surface area contributed by atoms with Crippen molar-refractivity contribution in [3.05, 3.63) is 119 Å². The van der Waals surface area contributed by atoms with Gasteiger partial charge in [0.2, 0.25) is 0 Å². The molecule has 2 unspecified atom stereocenters. The summed E-state index contributed by atoms with van der Waals surface area (Å²) in [7, 11) is 16.1. The maximum atomic E-state index is 14.6. The van der Waals surface area contributed by atoms with Crippen LogP contribution in [0, 0.1) is 59.2 Å². The van der Waals surface area contributed by atoms with Crippen molar-refractivity contribution in [2.75, 3.05) is 123 Å². The number of nitrogens with one attached hydrogen (secondary N) is 2. The Morgan fingerprint density at radius 3 is 1.17 bits per heavy atom. The number of Topliss-reactive ketones (excluding diaryl/α,β-unsaturated/α-hetero) is 1. The fraction of sp³-hybridized carbons (Fsp3) is 0.593. The van der Waals surface area contributed by atoms with Gasteiger partial charge in [0.05, 0.1) is 68.9 Å². The van der Waals surface area contributed by atoms with Gasteiger partial charge >= 0.3 is 11.9 Å². The van der Waals surface area contributed by atoms with Gasteiger partial charge in [-0.25, -0.2) is 19.0 Å². The van der Waals surface area contributed by atoms with Crippen LogP contribution in [0.4, 0.5) is 0 Å². The monoisotopic (exact) mass is 1590 g/mol. The molecule has 2 heterocycles. The lowest BCUT2D eigenvalue weighted by atomic mass is 9.48. The number of ether oxygens (including phenoxy) is 4. The van der Waals surface area contributed by atoms with Gasteiger partial charge in [-0.15, -0.1) is 0 Å². The highest BCUT2D eigenvalue weighted by molar-refractivity contribution is 6.00. The first kappa shape index (κ1) is 86.2. The standard InChI is InChI=1S/C91H126N12O13/c1-55(2)69-50-62(28-30-73(69)102-75(82-78(113-11)24-15-25-79(82)114-12)52-71(95-102)84(105)93-90(88(109)110)64-42-58-40-59(44-64)45-65(90)43-58)86(107)100(9)38-20-35-97(6)33-18-22-57(5)68(23-17-32-92)77(104)54-99(8)37-19-34-98(7)36-21-39-101(10)87(108)63-29-31-74(70(51-63)56(3)4)103-76(83-80(115-13)26-16-27-81(83)116-14)53-72(96-103)85(106)94-91(89(111)112)66-46-60-41-61(48-66)49-67(91)47-60/h15-16,24-31,50-53,55-61,64-68H,17-23,32-49,54,92H2,1-14H3,(H,93,105)(H,94,106)(H,109,110)(H,111,112). The van der Waals surface area contributed by atoms with E-state index in [0.717, 1.165) is 153 Å². The Bertz CT molecular complexity index is 4430. The van der Waals surface area contributed by atoms with Crippen LogP contribution in [0.3, 0.4) is 0 Å². The second-order valence-electron chi connectivity index (χ2n) is 35.4. The topological polar surface area (TPSA) is 299 Å². The van der Waals surface area contributed by atoms with Gasteiger partial charge in [0.1, 0.15) is 39.9 Å². The zero-order valence-corrected chi connectivity index (χ0v) is 70.9. The van der Waals surface area contributed by atoms with E-state index in [1.165, 1.54) is 0 Å². The summed E-state index contributed by atoms with van der Waals surface area (Å²) in [6.45, 7) is 16.3. The highest BCUT2D eigenvalue weighted by atomic mass is 16.5. The number of benzene rings is 4. The number of hydrogen-bond donors (Lipinski definition) is 5. The van der Waals surface area contributed by atoms with E-state index in [-0.39, 0.29) is 76.3 Å². The Morgan fingerprint density at radius 2 is 0.828 bits per heavy atom. The van der Waals surface area contributed by atoms with Gasteiger partial charge in [0, 0.05) is 44.2 Å². The van der Waals surface area contributed by atoms with Crippen molar-refractivity contribution in [2.24, 2.45) is 64.9 Å². The van der Waals surface area contributed by atoms with Crippen LogP contribution in [0.15, 0.2) is 84.9 Å². The number of aliphatic carboxylic acids is 2. The lowest BCUT2D eigenvalue weighted by molar-refractivity contribution is -0.164. The molecule has 4 amide bonds. The molecule has 25 heteroatoms. The van der Waals surface area contributed by atoms with Gasteiger partial charge in [-0.2, -0.15) is 10.2 Å². The van der Waals surface area contributed by atoms with Crippen molar-refractivity contribution in [1.82, 2.24) is 54.7 Å². The smallest absolute Gasteiger partial charge is 0.330 e. The molecule has 116 heavy (non-hydrogen) atoms. The van der Waals surface area contributed by atoms with Gasteiger partial charge in [-0.3, -0.25) is 28.9 Å². The van der Waals surface area contributed by atoms with E-state index in [2.05, 4.69) is 46.4 Å². The number of nitrogens with two attached hydrogens (primary N) is 1. The molecule has 6 N–H and O–H groups in total. The van der Waals surface area contributed by atoms with Crippen LogP contribution in [0.1, 0.15) is 208 Å². The SMILES string of the molecule is COc1cccc(OC)c1-c1cc(C(=O)NC2(C(=O)O)C3CC4CC(C3)CC2C4)nn1-c1ccc(C(=O)N(C)CCCN(C)CCCC(C)C(CCCN)C(=O)CN(C)CCCN(C)CCCN(C)C(=O)c2ccc(-n3nc(C(=O)NC4(C(=O)O)C5CC6CC(C5)CC4C6)cc3-c3c(OC)cccc3OC)c(C(C)C)c2)cc1C(C)C. The number of carbonyl (C=O) groups excluding carboxylic acids is 5. The third-order valence-corrected chi connectivity index (χ3v) is 27.0.